The van der Waals surface area contributed by atoms with Crippen LogP contribution in [-0.4, -0.2) is 27.3 Å². The van der Waals surface area contributed by atoms with Crippen molar-refractivity contribution in [1.29, 1.82) is 0 Å². The zero-order valence-electron chi connectivity index (χ0n) is 19.8. The SMILES string of the molecule is CCc1ccc(-c2noc(C3=C(C)N(Cc4ccco4)C(=S)NC3c3cccc(OC)c3)n2)cc1. The molecule has 1 unspecified atom stereocenters. The van der Waals surface area contributed by atoms with Gasteiger partial charge in [0.25, 0.3) is 5.89 Å². The van der Waals surface area contributed by atoms with Gasteiger partial charge in [-0.1, -0.05) is 48.5 Å². The van der Waals surface area contributed by atoms with Gasteiger partial charge in [-0.3, -0.25) is 0 Å². The molecule has 8 heteroatoms. The molecule has 4 aromatic rings. The third-order valence-electron chi connectivity index (χ3n) is 6.19. The van der Waals surface area contributed by atoms with Crippen LogP contribution >= 0.6 is 12.2 Å². The minimum absolute atomic E-state index is 0.291. The minimum atomic E-state index is -0.291. The first-order valence-electron chi connectivity index (χ1n) is 11.5. The summed E-state index contributed by atoms with van der Waals surface area (Å²) in [7, 11) is 1.65. The number of thiocarbonyl (C=S) groups is 1. The number of nitrogens with one attached hydrogen (secondary N) is 1. The molecule has 2 aromatic carbocycles. The summed E-state index contributed by atoms with van der Waals surface area (Å²) in [5.41, 5.74) is 4.90. The van der Waals surface area contributed by atoms with E-state index >= 15 is 0 Å². The molecule has 2 aromatic heterocycles. The van der Waals surface area contributed by atoms with E-state index in [0.29, 0.717) is 23.4 Å². The number of ether oxygens (including phenoxy) is 1. The van der Waals surface area contributed by atoms with Crippen LogP contribution in [0.15, 0.2) is 81.6 Å². The predicted molar refractivity (Wildman–Crippen MR) is 137 cm³/mol. The van der Waals surface area contributed by atoms with Crippen LogP contribution in [0.1, 0.15) is 42.7 Å². The molecule has 1 N–H and O–H groups in total. The van der Waals surface area contributed by atoms with Gasteiger partial charge in [-0.2, -0.15) is 4.98 Å². The maximum absolute atomic E-state index is 5.83. The molecule has 0 amide bonds. The zero-order chi connectivity index (χ0) is 24.4. The number of hydrogen-bond donors (Lipinski definition) is 1. The van der Waals surface area contributed by atoms with Crippen molar-refractivity contribution in [3.8, 4) is 17.1 Å². The van der Waals surface area contributed by atoms with Crippen molar-refractivity contribution in [3.05, 3.63) is 95.4 Å². The molecule has 5 rings (SSSR count). The van der Waals surface area contributed by atoms with Crippen LogP contribution in [0.2, 0.25) is 0 Å². The number of furan rings is 1. The maximum atomic E-state index is 5.83. The van der Waals surface area contributed by atoms with E-state index < -0.39 is 0 Å². The van der Waals surface area contributed by atoms with Crippen molar-refractivity contribution in [2.75, 3.05) is 7.11 Å². The smallest absolute Gasteiger partial charge is 0.258 e. The van der Waals surface area contributed by atoms with Crippen molar-refractivity contribution < 1.29 is 13.7 Å². The average molecular weight is 487 g/mol. The second-order valence-corrected chi connectivity index (χ2v) is 8.68. The number of allylic oxidation sites excluding steroid dienone is 1. The van der Waals surface area contributed by atoms with Gasteiger partial charge < -0.3 is 23.9 Å². The summed E-state index contributed by atoms with van der Waals surface area (Å²) in [6.45, 7) is 4.63. The van der Waals surface area contributed by atoms with Crippen molar-refractivity contribution in [2.45, 2.75) is 32.9 Å². The summed E-state index contributed by atoms with van der Waals surface area (Å²) in [5.74, 6) is 2.53. The lowest BCUT2D eigenvalue weighted by Crippen LogP contribution is -2.45. The second kappa shape index (κ2) is 9.76. The largest absolute Gasteiger partial charge is 0.497 e. The van der Waals surface area contributed by atoms with Gasteiger partial charge in [0.2, 0.25) is 5.82 Å². The van der Waals surface area contributed by atoms with Crippen LogP contribution in [0.5, 0.6) is 5.75 Å². The Kier molecular flexibility index (Phi) is 6.37. The van der Waals surface area contributed by atoms with Gasteiger partial charge in [-0.25, -0.2) is 0 Å². The summed E-state index contributed by atoms with van der Waals surface area (Å²) in [6, 6.07) is 19.6. The van der Waals surface area contributed by atoms with E-state index in [9.17, 15) is 0 Å². The van der Waals surface area contributed by atoms with Crippen molar-refractivity contribution in [3.63, 3.8) is 0 Å². The number of rotatable bonds is 7. The lowest BCUT2D eigenvalue weighted by molar-refractivity contribution is 0.382. The van der Waals surface area contributed by atoms with Gasteiger partial charge in [0.05, 0.1) is 31.5 Å². The van der Waals surface area contributed by atoms with Gasteiger partial charge in [-0.15, -0.1) is 0 Å². The van der Waals surface area contributed by atoms with Crippen LogP contribution in [-0.2, 0) is 13.0 Å². The summed E-state index contributed by atoms with van der Waals surface area (Å²) >= 11 is 5.77. The Morgan fingerprint density at radius 1 is 1.11 bits per heavy atom. The fourth-order valence-corrected chi connectivity index (χ4v) is 4.54. The fourth-order valence-electron chi connectivity index (χ4n) is 4.22. The molecule has 35 heavy (non-hydrogen) atoms. The van der Waals surface area contributed by atoms with E-state index in [1.165, 1.54) is 5.56 Å². The van der Waals surface area contributed by atoms with Crippen LogP contribution in [0.25, 0.3) is 17.0 Å². The van der Waals surface area contributed by atoms with Crippen LogP contribution < -0.4 is 10.1 Å². The highest BCUT2D eigenvalue weighted by Gasteiger charge is 2.34. The number of nitrogens with zero attached hydrogens (tertiary/aromatic N) is 3. The lowest BCUT2D eigenvalue weighted by Gasteiger charge is -2.37. The molecular formula is C27H26N4O3S. The third-order valence-corrected chi connectivity index (χ3v) is 6.53. The number of aromatic nitrogens is 2. The molecule has 7 nitrogen and oxygen atoms in total. The van der Waals surface area contributed by atoms with Gasteiger partial charge in [0.15, 0.2) is 5.11 Å². The molecule has 0 saturated carbocycles. The normalized spacial score (nSPS) is 15.9. The van der Waals surface area contributed by atoms with E-state index in [1.54, 1.807) is 13.4 Å². The number of aryl methyl sites for hydroxylation is 1. The Morgan fingerprint density at radius 3 is 2.66 bits per heavy atom. The summed E-state index contributed by atoms with van der Waals surface area (Å²) < 4.78 is 16.9. The highest BCUT2D eigenvalue weighted by atomic mass is 32.1. The topological polar surface area (TPSA) is 76.6 Å². The monoisotopic (exact) mass is 486 g/mol. The van der Waals surface area contributed by atoms with Crippen LogP contribution in [0, 0.1) is 0 Å². The second-order valence-electron chi connectivity index (χ2n) is 8.30. The number of benzene rings is 2. The lowest BCUT2D eigenvalue weighted by atomic mass is 9.94. The van der Waals surface area contributed by atoms with E-state index in [-0.39, 0.29) is 6.04 Å². The summed E-state index contributed by atoms with van der Waals surface area (Å²) in [4.78, 5) is 6.77. The average Bonchev–Trinajstić information content (AvgIpc) is 3.59. The first-order valence-corrected chi connectivity index (χ1v) is 11.9. The molecule has 1 aliphatic heterocycles. The van der Waals surface area contributed by atoms with Crippen LogP contribution in [0.3, 0.4) is 0 Å². The zero-order valence-corrected chi connectivity index (χ0v) is 20.6. The third kappa shape index (κ3) is 4.57. The van der Waals surface area contributed by atoms with Crippen molar-refractivity contribution >= 4 is 22.9 Å². The fraction of sp³-hybridized carbons (Fsp3) is 0.222. The van der Waals surface area contributed by atoms with Gasteiger partial charge in [0, 0.05) is 11.3 Å². The molecule has 0 aliphatic carbocycles. The standard InChI is InChI=1S/C27H26N4O3S/c1-4-18-10-12-19(13-11-18)25-29-26(34-30-25)23-17(2)31(16-22-9-6-14-33-22)27(35)28-24(23)20-7-5-8-21(15-20)32-3/h5-15,24H,4,16H2,1-3H3,(H,28,35). The maximum Gasteiger partial charge on any atom is 0.258 e. The molecule has 3 heterocycles. The molecule has 1 atom stereocenters. The molecule has 0 spiro atoms. The molecule has 178 valence electrons. The Morgan fingerprint density at radius 2 is 1.94 bits per heavy atom. The Balaban J connectivity index is 1.59. The van der Waals surface area contributed by atoms with Crippen molar-refractivity contribution in [2.24, 2.45) is 0 Å². The van der Waals surface area contributed by atoms with Crippen molar-refractivity contribution in [1.82, 2.24) is 20.4 Å². The summed E-state index contributed by atoms with van der Waals surface area (Å²) in [6.07, 6.45) is 2.63. The van der Waals surface area contributed by atoms with E-state index in [0.717, 1.165) is 40.3 Å². The molecule has 0 saturated heterocycles. The molecule has 1 aliphatic rings. The molecule has 0 radical (unpaired) electrons. The Hall–Kier alpha value is -3.91. The van der Waals surface area contributed by atoms with E-state index in [2.05, 4.69) is 29.5 Å². The number of hydrogen-bond acceptors (Lipinski definition) is 6. The predicted octanol–water partition coefficient (Wildman–Crippen LogP) is 5.76. The van der Waals surface area contributed by atoms with Gasteiger partial charge >= 0.3 is 0 Å². The highest BCUT2D eigenvalue weighted by molar-refractivity contribution is 7.80. The first-order chi connectivity index (χ1) is 17.1. The van der Waals surface area contributed by atoms with Gasteiger partial charge in [0.1, 0.15) is 11.5 Å². The Bertz CT molecular complexity index is 1360. The van der Waals surface area contributed by atoms with Gasteiger partial charge in [-0.05, 0) is 61.0 Å². The first kappa shape index (κ1) is 22.9. The Labute approximate surface area is 209 Å². The quantitative estimate of drug-likeness (QED) is 0.330. The molecule has 0 bridgehead atoms. The van der Waals surface area contributed by atoms with Crippen LogP contribution in [0.4, 0.5) is 0 Å². The molecular weight excluding hydrogens is 460 g/mol. The summed E-state index contributed by atoms with van der Waals surface area (Å²) in [5, 5.41) is 8.34. The molecule has 0 fully saturated rings. The van der Waals surface area contributed by atoms with E-state index in [4.69, 9.17) is 30.9 Å². The highest BCUT2D eigenvalue weighted by Crippen LogP contribution is 2.38. The van der Waals surface area contributed by atoms with E-state index in [1.807, 2.05) is 60.4 Å². The number of methoxy groups -OCH3 is 1. The minimum Gasteiger partial charge on any atom is -0.497 e.